The van der Waals surface area contributed by atoms with Crippen molar-refractivity contribution in [2.24, 2.45) is 5.73 Å². The third-order valence-electron chi connectivity index (χ3n) is 2.02. The Bertz CT molecular complexity index is 469. The SMILES string of the molecule is COC(=O)c1cc(C=CCN)cc([N+](=O)[O-])c1. The second-order valence-corrected chi connectivity index (χ2v) is 3.20. The number of non-ortho nitro benzene ring substituents is 1. The molecule has 0 saturated carbocycles. The first kappa shape index (κ1) is 12.9. The minimum atomic E-state index is -0.615. The summed E-state index contributed by atoms with van der Waals surface area (Å²) in [6.45, 7) is 0.316. The first-order valence-corrected chi connectivity index (χ1v) is 4.83. The van der Waals surface area contributed by atoms with E-state index < -0.39 is 10.9 Å². The van der Waals surface area contributed by atoms with Crippen LogP contribution in [0.25, 0.3) is 6.08 Å². The summed E-state index contributed by atoms with van der Waals surface area (Å²) < 4.78 is 4.52. The number of carbonyl (C=O) groups excluding carboxylic acids is 1. The van der Waals surface area contributed by atoms with Crippen LogP contribution in [-0.4, -0.2) is 24.5 Å². The van der Waals surface area contributed by atoms with Gasteiger partial charge in [0.25, 0.3) is 5.69 Å². The van der Waals surface area contributed by atoms with Crippen LogP contribution in [0, 0.1) is 10.1 Å². The number of nitrogens with two attached hydrogens (primary N) is 1. The van der Waals surface area contributed by atoms with Gasteiger partial charge in [-0.25, -0.2) is 4.79 Å². The number of esters is 1. The summed E-state index contributed by atoms with van der Waals surface area (Å²) in [4.78, 5) is 21.5. The highest BCUT2D eigenvalue weighted by atomic mass is 16.6. The van der Waals surface area contributed by atoms with E-state index in [1.54, 1.807) is 12.2 Å². The van der Waals surface area contributed by atoms with Crippen LogP contribution in [0.5, 0.6) is 0 Å². The van der Waals surface area contributed by atoms with Crippen LogP contribution in [0.2, 0.25) is 0 Å². The van der Waals surface area contributed by atoms with Crippen LogP contribution in [-0.2, 0) is 4.74 Å². The zero-order valence-electron chi connectivity index (χ0n) is 9.25. The van der Waals surface area contributed by atoms with Gasteiger partial charge in [-0.3, -0.25) is 10.1 Å². The van der Waals surface area contributed by atoms with Gasteiger partial charge < -0.3 is 10.5 Å². The van der Waals surface area contributed by atoms with E-state index in [-0.39, 0.29) is 11.3 Å². The van der Waals surface area contributed by atoms with E-state index in [9.17, 15) is 14.9 Å². The highest BCUT2D eigenvalue weighted by Crippen LogP contribution is 2.18. The maximum absolute atomic E-state index is 11.3. The predicted molar refractivity (Wildman–Crippen MR) is 62.5 cm³/mol. The predicted octanol–water partition coefficient (Wildman–Crippen LogP) is 1.35. The number of nitrogens with zero attached hydrogens (tertiary/aromatic N) is 1. The number of rotatable bonds is 4. The molecule has 0 saturated heterocycles. The van der Waals surface area contributed by atoms with Crippen LogP contribution < -0.4 is 5.73 Å². The zero-order chi connectivity index (χ0) is 12.8. The largest absolute Gasteiger partial charge is 0.465 e. The molecule has 1 aromatic rings. The van der Waals surface area contributed by atoms with Crippen molar-refractivity contribution in [3.8, 4) is 0 Å². The Hall–Kier alpha value is -2.21. The molecule has 0 atom stereocenters. The number of hydrogen-bond donors (Lipinski definition) is 1. The van der Waals surface area contributed by atoms with Gasteiger partial charge in [0.1, 0.15) is 0 Å². The average Bonchev–Trinajstić information content (AvgIpc) is 2.34. The van der Waals surface area contributed by atoms with Gasteiger partial charge in [-0.05, 0) is 11.6 Å². The molecule has 0 unspecified atom stereocenters. The summed E-state index contributed by atoms with van der Waals surface area (Å²) in [5, 5.41) is 10.7. The minimum Gasteiger partial charge on any atom is -0.465 e. The van der Waals surface area contributed by atoms with Gasteiger partial charge in [0.15, 0.2) is 0 Å². The molecule has 0 fully saturated rings. The maximum atomic E-state index is 11.3. The van der Waals surface area contributed by atoms with Crippen molar-refractivity contribution in [2.75, 3.05) is 13.7 Å². The second kappa shape index (κ2) is 5.76. The molecule has 90 valence electrons. The van der Waals surface area contributed by atoms with E-state index in [4.69, 9.17) is 5.73 Å². The van der Waals surface area contributed by atoms with Gasteiger partial charge in [-0.15, -0.1) is 0 Å². The molecular formula is C11H12N2O4. The van der Waals surface area contributed by atoms with E-state index in [2.05, 4.69) is 4.74 Å². The number of methoxy groups -OCH3 is 1. The molecule has 1 rings (SSSR count). The topological polar surface area (TPSA) is 95.5 Å². The average molecular weight is 236 g/mol. The number of nitro groups is 1. The molecule has 0 heterocycles. The van der Waals surface area contributed by atoms with Crippen LogP contribution in [0.4, 0.5) is 5.69 Å². The van der Waals surface area contributed by atoms with Gasteiger partial charge in [-0.2, -0.15) is 0 Å². The number of hydrogen-bond acceptors (Lipinski definition) is 5. The fraction of sp³-hybridized carbons (Fsp3) is 0.182. The molecule has 0 aliphatic heterocycles. The third kappa shape index (κ3) is 3.39. The third-order valence-corrected chi connectivity index (χ3v) is 2.02. The van der Waals surface area contributed by atoms with E-state index in [1.165, 1.54) is 25.3 Å². The van der Waals surface area contributed by atoms with Crippen LogP contribution in [0.1, 0.15) is 15.9 Å². The number of ether oxygens (including phenoxy) is 1. The Morgan fingerprint density at radius 1 is 1.53 bits per heavy atom. The Morgan fingerprint density at radius 3 is 2.76 bits per heavy atom. The Labute approximate surface area is 97.8 Å². The van der Waals surface area contributed by atoms with Crippen molar-refractivity contribution in [3.05, 3.63) is 45.5 Å². The molecule has 0 radical (unpaired) electrons. The van der Waals surface area contributed by atoms with Crippen molar-refractivity contribution in [1.29, 1.82) is 0 Å². The first-order valence-electron chi connectivity index (χ1n) is 4.83. The van der Waals surface area contributed by atoms with E-state index in [0.29, 0.717) is 12.1 Å². The number of nitro benzene ring substituents is 1. The van der Waals surface area contributed by atoms with Gasteiger partial charge >= 0.3 is 5.97 Å². The minimum absolute atomic E-state index is 0.137. The van der Waals surface area contributed by atoms with Crippen LogP contribution in [0.3, 0.4) is 0 Å². The fourth-order valence-electron chi connectivity index (χ4n) is 1.28. The fourth-order valence-corrected chi connectivity index (χ4v) is 1.28. The lowest BCUT2D eigenvalue weighted by Crippen LogP contribution is -2.03. The summed E-state index contributed by atoms with van der Waals surface area (Å²) in [6.07, 6.45) is 3.25. The highest BCUT2D eigenvalue weighted by molar-refractivity contribution is 5.91. The summed E-state index contributed by atoms with van der Waals surface area (Å²) in [5.41, 5.74) is 5.79. The second-order valence-electron chi connectivity index (χ2n) is 3.20. The van der Waals surface area contributed by atoms with Crippen molar-refractivity contribution in [3.63, 3.8) is 0 Å². The van der Waals surface area contributed by atoms with Crippen LogP contribution >= 0.6 is 0 Å². The lowest BCUT2D eigenvalue weighted by Gasteiger charge is -2.01. The van der Waals surface area contributed by atoms with Gasteiger partial charge in [-0.1, -0.05) is 12.2 Å². The molecule has 6 nitrogen and oxygen atoms in total. The Kier molecular flexibility index (Phi) is 4.36. The highest BCUT2D eigenvalue weighted by Gasteiger charge is 2.13. The smallest absolute Gasteiger partial charge is 0.338 e. The maximum Gasteiger partial charge on any atom is 0.338 e. The summed E-state index contributed by atoms with van der Waals surface area (Å²) in [6, 6.07) is 4.04. The molecule has 6 heteroatoms. The van der Waals surface area contributed by atoms with Crippen molar-refractivity contribution >= 4 is 17.7 Å². The molecule has 0 aliphatic carbocycles. The van der Waals surface area contributed by atoms with Gasteiger partial charge in [0, 0.05) is 18.7 Å². The Balaban J connectivity index is 3.23. The first-order chi connectivity index (χ1) is 8.08. The number of benzene rings is 1. The van der Waals surface area contributed by atoms with Crippen molar-refractivity contribution < 1.29 is 14.5 Å². The molecule has 0 aliphatic rings. The molecule has 2 N–H and O–H groups in total. The summed E-state index contributed by atoms with van der Waals surface area (Å²) in [5.74, 6) is -0.615. The van der Waals surface area contributed by atoms with Crippen molar-refractivity contribution in [2.45, 2.75) is 0 Å². The van der Waals surface area contributed by atoms with E-state index in [1.807, 2.05) is 0 Å². The quantitative estimate of drug-likeness (QED) is 0.483. The standard InChI is InChI=1S/C11H12N2O4/c1-17-11(14)9-5-8(3-2-4-12)6-10(7-9)13(15)16/h2-3,5-7H,4,12H2,1H3. The summed E-state index contributed by atoms with van der Waals surface area (Å²) in [7, 11) is 1.22. The Morgan fingerprint density at radius 2 is 2.24 bits per heavy atom. The van der Waals surface area contributed by atoms with E-state index in [0.717, 1.165) is 0 Å². The zero-order valence-corrected chi connectivity index (χ0v) is 9.25. The number of carbonyl (C=O) groups is 1. The van der Waals surface area contributed by atoms with Gasteiger partial charge in [0.05, 0.1) is 17.6 Å². The monoisotopic (exact) mass is 236 g/mol. The molecule has 1 aromatic carbocycles. The lowest BCUT2D eigenvalue weighted by atomic mass is 10.1. The molecule has 17 heavy (non-hydrogen) atoms. The summed E-state index contributed by atoms with van der Waals surface area (Å²) >= 11 is 0. The normalized spacial score (nSPS) is 10.5. The molecule has 0 bridgehead atoms. The molecule has 0 aromatic heterocycles. The molecular weight excluding hydrogens is 224 g/mol. The van der Waals surface area contributed by atoms with Gasteiger partial charge in [0.2, 0.25) is 0 Å². The van der Waals surface area contributed by atoms with Crippen molar-refractivity contribution in [1.82, 2.24) is 0 Å². The van der Waals surface area contributed by atoms with Crippen LogP contribution in [0.15, 0.2) is 24.3 Å². The van der Waals surface area contributed by atoms with E-state index >= 15 is 0 Å². The molecule has 0 spiro atoms. The lowest BCUT2D eigenvalue weighted by molar-refractivity contribution is -0.384. The molecule has 0 amide bonds.